The summed E-state index contributed by atoms with van der Waals surface area (Å²) in [4.78, 5) is 25.9. The fourth-order valence-electron chi connectivity index (χ4n) is 4.16. The maximum Gasteiger partial charge on any atom is 0.320 e. The molecular weight excluding hydrogens is 334 g/mol. The molecule has 2 saturated heterocycles. The lowest BCUT2D eigenvalue weighted by Crippen LogP contribution is -2.43. The van der Waals surface area contributed by atoms with Gasteiger partial charge in [-0.25, -0.2) is 0 Å². The maximum atomic E-state index is 12.4. The lowest BCUT2D eigenvalue weighted by molar-refractivity contribution is -0.142. The molecule has 7 heteroatoms. The van der Waals surface area contributed by atoms with E-state index in [9.17, 15) is 14.7 Å². The molecular formula is C19H27N3O4. The first-order chi connectivity index (χ1) is 12.5. The van der Waals surface area contributed by atoms with E-state index in [2.05, 4.69) is 10.6 Å². The third-order valence-electron chi connectivity index (χ3n) is 5.57. The summed E-state index contributed by atoms with van der Waals surface area (Å²) < 4.78 is 5.29. The third-order valence-corrected chi connectivity index (χ3v) is 5.57. The minimum absolute atomic E-state index is 0.0250. The van der Waals surface area contributed by atoms with Gasteiger partial charge >= 0.3 is 5.97 Å². The van der Waals surface area contributed by atoms with Crippen molar-refractivity contribution in [3.63, 3.8) is 0 Å². The zero-order valence-electron chi connectivity index (χ0n) is 15.2. The fraction of sp³-hybridized carbons (Fsp3) is 0.579. The Morgan fingerprint density at radius 2 is 2.08 bits per heavy atom. The molecule has 0 radical (unpaired) electrons. The minimum atomic E-state index is -0.835. The Labute approximate surface area is 153 Å². The van der Waals surface area contributed by atoms with E-state index in [1.54, 1.807) is 7.11 Å². The molecule has 0 unspecified atom stereocenters. The van der Waals surface area contributed by atoms with Gasteiger partial charge < -0.3 is 20.5 Å². The first kappa shape index (κ1) is 18.7. The molecule has 3 rings (SSSR count). The highest BCUT2D eigenvalue weighted by molar-refractivity contribution is 5.80. The molecule has 1 spiro atoms. The molecule has 2 fully saturated rings. The molecule has 0 aromatic heterocycles. The SMILES string of the molecule is COc1ccccc1CNC(=O)CN1CC2(CCNCC2)C[C@H]1C(=O)O. The highest BCUT2D eigenvalue weighted by atomic mass is 16.5. The van der Waals surface area contributed by atoms with Crippen molar-refractivity contribution in [2.45, 2.75) is 31.8 Å². The molecule has 2 heterocycles. The van der Waals surface area contributed by atoms with Gasteiger partial charge in [-0.3, -0.25) is 14.5 Å². The first-order valence-electron chi connectivity index (χ1n) is 9.09. The van der Waals surface area contributed by atoms with Gasteiger partial charge in [0, 0.05) is 18.7 Å². The summed E-state index contributed by atoms with van der Waals surface area (Å²) >= 11 is 0. The molecule has 0 bridgehead atoms. The van der Waals surface area contributed by atoms with Crippen LogP contribution in [0.15, 0.2) is 24.3 Å². The Kier molecular flexibility index (Phi) is 5.78. The second-order valence-corrected chi connectivity index (χ2v) is 7.30. The van der Waals surface area contributed by atoms with Crippen LogP contribution in [0, 0.1) is 5.41 Å². The van der Waals surface area contributed by atoms with Crippen LogP contribution in [-0.4, -0.2) is 61.2 Å². The number of carbonyl (C=O) groups is 2. The van der Waals surface area contributed by atoms with E-state index in [1.807, 2.05) is 29.2 Å². The number of nitrogens with one attached hydrogen (secondary N) is 2. The van der Waals surface area contributed by atoms with Crippen molar-refractivity contribution in [2.75, 3.05) is 33.3 Å². The lowest BCUT2D eigenvalue weighted by Gasteiger charge is -2.33. The van der Waals surface area contributed by atoms with E-state index >= 15 is 0 Å². The number of carbonyl (C=O) groups excluding carboxylic acids is 1. The summed E-state index contributed by atoms with van der Waals surface area (Å²) in [6, 6.07) is 6.95. The van der Waals surface area contributed by atoms with Crippen LogP contribution in [0.5, 0.6) is 5.75 Å². The van der Waals surface area contributed by atoms with E-state index in [4.69, 9.17) is 4.74 Å². The number of amides is 1. The van der Waals surface area contributed by atoms with Gasteiger partial charge in [-0.1, -0.05) is 18.2 Å². The Balaban J connectivity index is 1.59. The predicted octanol–water partition coefficient (Wildman–Crippen LogP) is 0.840. The van der Waals surface area contributed by atoms with Gasteiger partial charge in [0.1, 0.15) is 11.8 Å². The highest BCUT2D eigenvalue weighted by Gasteiger charge is 2.47. The molecule has 2 aliphatic heterocycles. The Morgan fingerprint density at radius 1 is 1.35 bits per heavy atom. The van der Waals surface area contributed by atoms with E-state index in [-0.39, 0.29) is 17.9 Å². The van der Waals surface area contributed by atoms with E-state index in [0.29, 0.717) is 19.5 Å². The molecule has 1 aromatic carbocycles. The quantitative estimate of drug-likeness (QED) is 0.696. The summed E-state index contributed by atoms with van der Waals surface area (Å²) in [6.45, 7) is 2.98. The van der Waals surface area contributed by atoms with Crippen molar-refractivity contribution in [1.29, 1.82) is 0 Å². The predicted molar refractivity (Wildman–Crippen MR) is 97.0 cm³/mol. The zero-order valence-corrected chi connectivity index (χ0v) is 15.2. The largest absolute Gasteiger partial charge is 0.496 e. The zero-order chi connectivity index (χ0) is 18.6. The summed E-state index contributed by atoms with van der Waals surface area (Å²) in [6.07, 6.45) is 2.57. The number of methoxy groups -OCH3 is 1. The third kappa shape index (κ3) is 4.16. The topological polar surface area (TPSA) is 90.9 Å². The number of aliphatic carboxylic acids is 1. The Hall–Kier alpha value is -2.12. The number of para-hydroxylation sites is 1. The van der Waals surface area contributed by atoms with Crippen molar-refractivity contribution in [3.8, 4) is 5.75 Å². The van der Waals surface area contributed by atoms with Crippen molar-refractivity contribution >= 4 is 11.9 Å². The van der Waals surface area contributed by atoms with Gasteiger partial charge in [-0.15, -0.1) is 0 Å². The monoisotopic (exact) mass is 361 g/mol. The van der Waals surface area contributed by atoms with Crippen LogP contribution < -0.4 is 15.4 Å². The van der Waals surface area contributed by atoms with Crippen LogP contribution >= 0.6 is 0 Å². The van der Waals surface area contributed by atoms with Crippen LogP contribution in [0.1, 0.15) is 24.8 Å². The van der Waals surface area contributed by atoms with Crippen LogP contribution in [0.4, 0.5) is 0 Å². The van der Waals surface area contributed by atoms with Gasteiger partial charge in [-0.05, 0) is 43.8 Å². The standard InChI is InChI=1S/C19H27N3O4/c1-26-16-5-3-2-4-14(16)11-21-17(23)12-22-13-19(6-8-20-9-7-19)10-15(22)18(24)25/h2-5,15,20H,6-13H2,1H3,(H,21,23)(H,24,25)/t15-/m0/s1. The number of carboxylic acids is 1. The molecule has 142 valence electrons. The van der Waals surface area contributed by atoms with Crippen molar-refractivity contribution in [1.82, 2.24) is 15.5 Å². The van der Waals surface area contributed by atoms with Gasteiger partial charge in [0.2, 0.25) is 5.91 Å². The minimum Gasteiger partial charge on any atom is -0.496 e. The summed E-state index contributed by atoms with van der Waals surface area (Å²) in [5, 5.41) is 15.8. The number of piperidine rings is 1. The van der Waals surface area contributed by atoms with E-state index < -0.39 is 12.0 Å². The van der Waals surface area contributed by atoms with Gasteiger partial charge in [-0.2, -0.15) is 0 Å². The van der Waals surface area contributed by atoms with E-state index in [0.717, 1.165) is 37.2 Å². The van der Waals surface area contributed by atoms with E-state index in [1.165, 1.54) is 0 Å². The molecule has 0 saturated carbocycles. The second kappa shape index (κ2) is 8.05. The average molecular weight is 361 g/mol. The number of benzene rings is 1. The van der Waals surface area contributed by atoms with Gasteiger partial charge in [0.15, 0.2) is 0 Å². The van der Waals surface area contributed by atoms with Crippen molar-refractivity contribution < 1.29 is 19.4 Å². The summed E-state index contributed by atoms with van der Waals surface area (Å²) in [5.74, 6) is -0.267. The Bertz CT molecular complexity index is 658. The van der Waals surface area contributed by atoms with Crippen molar-refractivity contribution in [2.24, 2.45) is 5.41 Å². The van der Waals surface area contributed by atoms with Gasteiger partial charge in [0.25, 0.3) is 0 Å². The van der Waals surface area contributed by atoms with Crippen LogP contribution in [-0.2, 0) is 16.1 Å². The number of rotatable bonds is 6. The fourth-order valence-corrected chi connectivity index (χ4v) is 4.16. The summed E-state index contributed by atoms with van der Waals surface area (Å²) in [7, 11) is 1.60. The van der Waals surface area contributed by atoms with Gasteiger partial charge in [0.05, 0.1) is 13.7 Å². The molecule has 0 aliphatic carbocycles. The molecule has 1 atom stereocenters. The number of ether oxygens (including phenoxy) is 1. The number of carboxylic acid groups (broad SMARTS) is 1. The molecule has 1 aromatic rings. The lowest BCUT2D eigenvalue weighted by atomic mass is 9.77. The second-order valence-electron chi connectivity index (χ2n) is 7.30. The first-order valence-corrected chi connectivity index (χ1v) is 9.09. The molecule has 1 amide bonds. The molecule has 2 aliphatic rings. The molecule has 7 nitrogen and oxygen atoms in total. The summed E-state index contributed by atoms with van der Waals surface area (Å²) in [5.41, 5.74) is 0.923. The average Bonchev–Trinajstić information content (AvgIpc) is 2.98. The van der Waals surface area contributed by atoms with Crippen LogP contribution in [0.25, 0.3) is 0 Å². The number of hydrogen-bond donors (Lipinski definition) is 3. The molecule has 26 heavy (non-hydrogen) atoms. The van der Waals surface area contributed by atoms with Crippen LogP contribution in [0.2, 0.25) is 0 Å². The highest BCUT2D eigenvalue weighted by Crippen LogP contribution is 2.41. The number of hydrogen-bond acceptors (Lipinski definition) is 5. The smallest absolute Gasteiger partial charge is 0.320 e. The maximum absolute atomic E-state index is 12.4. The molecule has 3 N–H and O–H groups in total. The number of likely N-dealkylation sites (tertiary alicyclic amines) is 1. The normalized spacial score (nSPS) is 22.3. The number of nitrogens with zero attached hydrogens (tertiary/aromatic N) is 1. The van der Waals surface area contributed by atoms with Crippen molar-refractivity contribution in [3.05, 3.63) is 29.8 Å². The Morgan fingerprint density at radius 3 is 2.77 bits per heavy atom. The van der Waals surface area contributed by atoms with Crippen LogP contribution in [0.3, 0.4) is 0 Å².